The molecule has 0 aromatic heterocycles. The number of ether oxygens (including phenoxy) is 1. The highest BCUT2D eigenvalue weighted by Crippen LogP contribution is 2.26. The van der Waals surface area contributed by atoms with Gasteiger partial charge < -0.3 is 10.1 Å². The minimum atomic E-state index is -0.550. The largest absolute Gasteiger partial charge is 0.481 e. The normalized spacial score (nSPS) is 12.0. The van der Waals surface area contributed by atoms with Crippen molar-refractivity contribution in [2.24, 2.45) is 0 Å². The van der Waals surface area contributed by atoms with Gasteiger partial charge in [0.15, 0.2) is 6.10 Å². The number of para-hydroxylation sites is 1. The monoisotopic (exact) mass is 343 g/mol. The van der Waals surface area contributed by atoms with Crippen LogP contribution in [0.2, 0.25) is 0 Å². The van der Waals surface area contributed by atoms with E-state index in [1.807, 2.05) is 24.3 Å². The third-order valence-corrected chi connectivity index (χ3v) is 4.07. The van der Waals surface area contributed by atoms with Crippen LogP contribution in [-0.4, -0.2) is 18.6 Å². The van der Waals surface area contributed by atoms with Gasteiger partial charge in [-0.3, -0.25) is 4.79 Å². The SMILES string of the molecule is CC(C)c1ccccc1O[C@@H](C)C(=O)NCCCc1ccc(F)cc1. The fraction of sp³-hybridized carbons (Fsp3) is 0.381. The summed E-state index contributed by atoms with van der Waals surface area (Å²) in [5.41, 5.74) is 2.16. The Morgan fingerprint density at radius 1 is 1.08 bits per heavy atom. The van der Waals surface area contributed by atoms with E-state index in [0.29, 0.717) is 12.5 Å². The minimum Gasteiger partial charge on any atom is -0.481 e. The van der Waals surface area contributed by atoms with Crippen LogP contribution in [0.1, 0.15) is 44.2 Å². The van der Waals surface area contributed by atoms with E-state index in [0.717, 1.165) is 29.7 Å². The number of aryl methyl sites for hydroxylation is 1. The zero-order valence-corrected chi connectivity index (χ0v) is 15.1. The highest BCUT2D eigenvalue weighted by atomic mass is 19.1. The third kappa shape index (κ3) is 5.89. The number of halogens is 1. The second-order valence-electron chi connectivity index (χ2n) is 6.47. The predicted molar refractivity (Wildman–Crippen MR) is 98.4 cm³/mol. The maximum atomic E-state index is 12.9. The van der Waals surface area contributed by atoms with E-state index in [9.17, 15) is 9.18 Å². The Morgan fingerprint density at radius 3 is 2.44 bits per heavy atom. The standard InChI is InChI=1S/C21H26FNO2/c1-15(2)19-8-4-5-9-20(19)25-16(3)21(24)23-14-6-7-17-10-12-18(22)13-11-17/h4-5,8-13,15-16H,6-7,14H2,1-3H3,(H,23,24)/t16-/m0/s1. The van der Waals surface area contributed by atoms with Crippen molar-refractivity contribution in [1.82, 2.24) is 5.32 Å². The Balaban J connectivity index is 1.78. The number of hydrogen-bond donors (Lipinski definition) is 1. The number of rotatable bonds is 8. The molecule has 2 rings (SSSR count). The van der Waals surface area contributed by atoms with E-state index >= 15 is 0 Å². The van der Waals surface area contributed by atoms with E-state index in [1.165, 1.54) is 12.1 Å². The van der Waals surface area contributed by atoms with Crippen LogP contribution < -0.4 is 10.1 Å². The van der Waals surface area contributed by atoms with E-state index in [2.05, 4.69) is 19.2 Å². The number of benzene rings is 2. The van der Waals surface area contributed by atoms with Gasteiger partial charge in [0.25, 0.3) is 5.91 Å². The molecule has 0 heterocycles. The maximum absolute atomic E-state index is 12.9. The first-order valence-corrected chi connectivity index (χ1v) is 8.75. The quantitative estimate of drug-likeness (QED) is 0.719. The smallest absolute Gasteiger partial charge is 0.260 e. The molecule has 2 aromatic rings. The van der Waals surface area contributed by atoms with Crippen molar-refractivity contribution in [2.45, 2.75) is 45.6 Å². The van der Waals surface area contributed by atoms with E-state index in [1.54, 1.807) is 19.1 Å². The van der Waals surface area contributed by atoms with Crippen molar-refractivity contribution in [2.75, 3.05) is 6.54 Å². The number of carbonyl (C=O) groups is 1. The molecular formula is C21H26FNO2. The molecule has 0 bridgehead atoms. The first kappa shape index (κ1) is 19.0. The Kier molecular flexibility index (Phi) is 6.99. The summed E-state index contributed by atoms with van der Waals surface area (Å²) < 4.78 is 18.7. The van der Waals surface area contributed by atoms with Crippen LogP contribution in [0.3, 0.4) is 0 Å². The second-order valence-corrected chi connectivity index (χ2v) is 6.47. The highest BCUT2D eigenvalue weighted by molar-refractivity contribution is 5.80. The van der Waals surface area contributed by atoms with Crippen LogP contribution in [0.4, 0.5) is 4.39 Å². The summed E-state index contributed by atoms with van der Waals surface area (Å²) in [5, 5.41) is 2.89. The molecule has 0 saturated carbocycles. The van der Waals surface area contributed by atoms with Crippen molar-refractivity contribution >= 4 is 5.91 Å². The average Bonchev–Trinajstić information content (AvgIpc) is 2.60. The summed E-state index contributed by atoms with van der Waals surface area (Å²) in [7, 11) is 0. The van der Waals surface area contributed by atoms with Crippen molar-refractivity contribution in [3.63, 3.8) is 0 Å². The molecule has 25 heavy (non-hydrogen) atoms. The van der Waals surface area contributed by atoms with Gasteiger partial charge >= 0.3 is 0 Å². The molecule has 0 aliphatic heterocycles. The van der Waals surface area contributed by atoms with Crippen molar-refractivity contribution in [3.8, 4) is 5.75 Å². The zero-order valence-electron chi connectivity index (χ0n) is 15.1. The zero-order chi connectivity index (χ0) is 18.2. The fourth-order valence-corrected chi connectivity index (χ4v) is 2.61. The second kappa shape index (κ2) is 9.21. The van der Waals surface area contributed by atoms with Gasteiger partial charge in [-0.05, 0) is 55.0 Å². The lowest BCUT2D eigenvalue weighted by molar-refractivity contribution is -0.127. The van der Waals surface area contributed by atoms with Crippen LogP contribution in [0.5, 0.6) is 5.75 Å². The molecule has 0 spiro atoms. The molecule has 4 heteroatoms. The molecule has 0 saturated heterocycles. The molecule has 1 amide bonds. The molecule has 3 nitrogen and oxygen atoms in total. The van der Waals surface area contributed by atoms with Gasteiger partial charge in [-0.1, -0.05) is 44.2 Å². The van der Waals surface area contributed by atoms with Gasteiger partial charge in [-0.25, -0.2) is 4.39 Å². The molecule has 0 radical (unpaired) electrons. The lowest BCUT2D eigenvalue weighted by Crippen LogP contribution is -2.37. The summed E-state index contributed by atoms with van der Waals surface area (Å²) in [5.74, 6) is 0.732. The summed E-state index contributed by atoms with van der Waals surface area (Å²) >= 11 is 0. The van der Waals surface area contributed by atoms with Gasteiger partial charge in [0.2, 0.25) is 0 Å². The molecule has 134 valence electrons. The lowest BCUT2D eigenvalue weighted by atomic mass is 10.0. The van der Waals surface area contributed by atoms with Crippen molar-refractivity contribution in [1.29, 1.82) is 0 Å². The Hall–Kier alpha value is -2.36. The Morgan fingerprint density at radius 2 is 1.76 bits per heavy atom. The number of amides is 1. The number of hydrogen-bond acceptors (Lipinski definition) is 2. The van der Waals surface area contributed by atoms with E-state index < -0.39 is 6.10 Å². The van der Waals surface area contributed by atoms with Gasteiger partial charge in [-0.15, -0.1) is 0 Å². The Bertz CT molecular complexity index is 683. The molecular weight excluding hydrogens is 317 g/mol. The van der Waals surface area contributed by atoms with E-state index in [-0.39, 0.29) is 11.7 Å². The maximum Gasteiger partial charge on any atom is 0.260 e. The van der Waals surface area contributed by atoms with Crippen LogP contribution >= 0.6 is 0 Å². The molecule has 0 fully saturated rings. The summed E-state index contributed by atoms with van der Waals surface area (Å²) in [6, 6.07) is 14.3. The predicted octanol–water partition coefficient (Wildman–Crippen LogP) is 4.47. The first-order chi connectivity index (χ1) is 12.0. The average molecular weight is 343 g/mol. The van der Waals surface area contributed by atoms with E-state index in [4.69, 9.17) is 4.74 Å². The highest BCUT2D eigenvalue weighted by Gasteiger charge is 2.16. The topological polar surface area (TPSA) is 38.3 Å². The van der Waals surface area contributed by atoms with Crippen LogP contribution in [-0.2, 0) is 11.2 Å². The van der Waals surface area contributed by atoms with Crippen LogP contribution in [0, 0.1) is 5.82 Å². The molecule has 0 aliphatic rings. The summed E-state index contributed by atoms with van der Waals surface area (Å²) in [6.45, 7) is 6.52. The number of carbonyl (C=O) groups excluding carboxylic acids is 1. The number of nitrogens with one attached hydrogen (secondary N) is 1. The van der Waals surface area contributed by atoms with Gasteiger partial charge in [0.05, 0.1) is 0 Å². The summed E-state index contributed by atoms with van der Waals surface area (Å²) in [6.07, 6.45) is 1.05. The molecule has 1 atom stereocenters. The summed E-state index contributed by atoms with van der Waals surface area (Å²) in [4.78, 5) is 12.2. The molecule has 2 aromatic carbocycles. The fourth-order valence-electron chi connectivity index (χ4n) is 2.61. The van der Waals surface area contributed by atoms with Crippen LogP contribution in [0.15, 0.2) is 48.5 Å². The van der Waals surface area contributed by atoms with Gasteiger partial charge in [0.1, 0.15) is 11.6 Å². The van der Waals surface area contributed by atoms with Gasteiger partial charge in [-0.2, -0.15) is 0 Å². The Labute approximate surface area is 149 Å². The third-order valence-electron chi connectivity index (χ3n) is 4.07. The van der Waals surface area contributed by atoms with Crippen LogP contribution in [0.25, 0.3) is 0 Å². The lowest BCUT2D eigenvalue weighted by Gasteiger charge is -2.18. The first-order valence-electron chi connectivity index (χ1n) is 8.75. The molecule has 0 aliphatic carbocycles. The van der Waals surface area contributed by atoms with Gasteiger partial charge in [0, 0.05) is 6.54 Å². The molecule has 1 N–H and O–H groups in total. The minimum absolute atomic E-state index is 0.127. The van der Waals surface area contributed by atoms with Crippen molar-refractivity contribution < 1.29 is 13.9 Å². The molecule has 0 unspecified atom stereocenters. The van der Waals surface area contributed by atoms with Crippen molar-refractivity contribution in [3.05, 3.63) is 65.5 Å².